The number of rotatable bonds is 4. The number of nitrogens with one attached hydrogen (secondary N) is 2. The third-order valence-electron chi connectivity index (χ3n) is 3.76. The maximum atomic E-state index is 4.30. The Bertz CT molecular complexity index is 483. The average Bonchev–Trinajstić information content (AvgIpc) is 2.99. The summed E-state index contributed by atoms with van der Waals surface area (Å²) in [6.07, 6.45) is 9.55. The van der Waals surface area contributed by atoms with Crippen LogP contribution >= 0.6 is 0 Å². The first-order valence-electron chi connectivity index (χ1n) is 6.55. The monoisotopic (exact) mass is 229 g/mol. The van der Waals surface area contributed by atoms with Crippen molar-refractivity contribution in [2.24, 2.45) is 5.92 Å². The molecule has 1 fully saturated rings. The Morgan fingerprint density at radius 3 is 3.12 bits per heavy atom. The molecule has 0 aliphatic heterocycles. The predicted molar refractivity (Wildman–Crippen MR) is 69.8 cm³/mol. The average molecular weight is 229 g/mol. The van der Waals surface area contributed by atoms with Gasteiger partial charge in [-0.25, -0.2) is 4.98 Å². The van der Waals surface area contributed by atoms with Gasteiger partial charge in [-0.1, -0.05) is 12.8 Å². The van der Waals surface area contributed by atoms with Crippen LogP contribution in [0.5, 0.6) is 0 Å². The zero-order valence-corrected chi connectivity index (χ0v) is 10.1. The van der Waals surface area contributed by atoms with Crippen molar-refractivity contribution in [1.29, 1.82) is 0 Å². The van der Waals surface area contributed by atoms with Crippen LogP contribution < -0.4 is 5.32 Å². The van der Waals surface area contributed by atoms with Gasteiger partial charge in [0.05, 0.1) is 0 Å². The summed E-state index contributed by atoms with van der Waals surface area (Å²) >= 11 is 0. The number of fused-ring (bicyclic) bond motifs is 1. The molecule has 3 rings (SSSR count). The number of aromatic amines is 1. The molecule has 0 atom stereocenters. The van der Waals surface area contributed by atoms with Gasteiger partial charge in [0.25, 0.3) is 0 Å². The smallest absolute Gasteiger partial charge is 0.137 e. The molecule has 2 aromatic rings. The van der Waals surface area contributed by atoms with Gasteiger partial charge in [-0.3, -0.25) is 0 Å². The molecule has 17 heavy (non-hydrogen) atoms. The Morgan fingerprint density at radius 1 is 1.35 bits per heavy atom. The summed E-state index contributed by atoms with van der Waals surface area (Å²) in [5.41, 5.74) is 2.32. The Kier molecular flexibility index (Phi) is 3.10. The second-order valence-corrected chi connectivity index (χ2v) is 4.99. The fourth-order valence-electron chi connectivity index (χ4n) is 2.78. The summed E-state index contributed by atoms with van der Waals surface area (Å²) in [4.78, 5) is 7.52. The van der Waals surface area contributed by atoms with Gasteiger partial charge in [-0.2, -0.15) is 0 Å². The lowest BCUT2D eigenvalue weighted by molar-refractivity contribution is 0.490. The van der Waals surface area contributed by atoms with Gasteiger partial charge in [0, 0.05) is 24.3 Å². The molecule has 0 spiro atoms. The maximum Gasteiger partial charge on any atom is 0.137 e. The molecule has 2 aromatic heterocycles. The minimum atomic E-state index is 0.901. The number of hydrogen-bond donors (Lipinski definition) is 2. The molecular weight excluding hydrogens is 210 g/mol. The van der Waals surface area contributed by atoms with E-state index >= 15 is 0 Å². The van der Waals surface area contributed by atoms with Crippen molar-refractivity contribution in [3.63, 3.8) is 0 Å². The van der Waals surface area contributed by atoms with Gasteiger partial charge in [-0.15, -0.1) is 0 Å². The molecule has 0 radical (unpaired) electrons. The largest absolute Gasteiger partial charge is 0.346 e. The number of aromatic nitrogens is 2. The van der Waals surface area contributed by atoms with Gasteiger partial charge in [-0.05, 0) is 43.0 Å². The van der Waals surface area contributed by atoms with Crippen molar-refractivity contribution in [2.45, 2.75) is 32.2 Å². The van der Waals surface area contributed by atoms with Crippen LogP contribution in [-0.4, -0.2) is 16.5 Å². The molecule has 1 saturated carbocycles. The Hall–Kier alpha value is -1.35. The topological polar surface area (TPSA) is 40.7 Å². The maximum absolute atomic E-state index is 4.30. The lowest BCUT2D eigenvalue weighted by Gasteiger charge is -2.09. The first-order valence-corrected chi connectivity index (χ1v) is 6.55. The summed E-state index contributed by atoms with van der Waals surface area (Å²) < 4.78 is 0. The van der Waals surface area contributed by atoms with Crippen molar-refractivity contribution >= 4 is 11.0 Å². The number of pyridine rings is 1. The van der Waals surface area contributed by atoms with Crippen molar-refractivity contribution < 1.29 is 0 Å². The lowest BCUT2D eigenvalue weighted by Crippen LogP contribution is -2.20. The number of H-pyrrole nitrogens is 1. The molecule has 0 bridgehead atoms. The van der Waals surface area contributed by atoms with E-state index in [1.54, 1.807) is 0 Å². The number of nitrogens with zero attached hydrogens (tertiary/aromatic N) is 1. The van der Waals surface area contributed by atoms with E-state index in [0.29, 0.717) is 0 Å². The van der Waals surface area contributed by atoms with Crippen LogP contribution in [0.15, 0.2) is 24.5 Å². The molecule has 1 aliphatic rings. The highest BCUT2D eigenvalue weighted by atomic mass is 14.9. The quantitative estimate of drug-likeness (QED) is 0.846. The highest BCUT2D eigenvalue weighted by molar-refractivity contribution is 5.79. The summed E-state index contributed by atoms with van der Waals surface area (Å²) in [7, 11) is 0. The van der Waals surface area contributed by atoms with E-state index in [9.17, 15) is 0 Å². The van der Waals surface area contributed by atoms with E-state index in [1.807, 2.05) is 12.3 Å². The number of hydrogen-bond acceptors (Lipinski definition) is 2. The first kappa shape index (κ1) is 10.8. The van der Waals surface area contributed by atoms with Crippen LogP contribution in [0.1, 0.15) is 31.2 Å². The summed E-state index contributed by atoms with van der Waals surface area (Å²) in [6, 6.07) is 4.13. The van der Waals surface area contributed by atoms with E-state index in [0.717, 1.165) is 24.7 Å². The van der Waals surface area contributed by atoms with E-state index in [2.05, 4.69) is 27.5 Å². The van der Waals surface area contributed by atoms with Gasteiger partial charge < -0.3 is 10.3 Å². The standard InChI is InChI=1S/C14H19N3/c1-2-5-11(4-1)8-15-9-12-10-17-14-13(12)6-3-7-16-14/h3,6-7,10-11,15H,1-2,4-5,8-9H2,(H,16,17). The molecule has 0 aromatic carbocycles. The highest BCUT2D eigenvalue weighted by Crippen LogP contribution is 2.24. The Labute approximate surface area is 102 Å². The van der Waals surface area contributed by atoms with Gasteiger partial charge in [0.15, 0.2) is 0 Å². The zero-order chi connectivity index (χ0) is 11.5. The molecule has 2 N–H and O–H groups in total. The molecule has 0 saturated heterocycles. The summed E-state index contributed by atoms with van der Waals surface area (Å²) in [6.45, 7) is 2.11. The van der Waals surface area contributed by atoms with Crippen LogP contribution in [0.4, 0.5) is 0 Å². The fourth-order valence-corrected chi connectivity index (χ4v) is 2.78. The lowest BCUT2D eigenvalue weighted by atomic mass is 10.1. The minimum Gasteiger partial charge on any atom is -0.346 e. The van der Waals surface area contributed by atoms with Crippen molar-refractivity contribution in [2.75, 3.05) is 6.54 Å². The molecule has 1 aliphatic carbocycles. The molecule has 3 heteroatoms. The summed E-state index contributed by atoms with van der Waals surface area (Å²) in [5.74, 6) is 0.901. The van der Waals surface area contributed by atoms with E-state index < -0.39 is 0 Å². The van der Waals surface area contributed by atoms with E-state index in [4.69, 9.17) is 0 Å². The first-order chi connectivity index (χ1) is 8.43. The fraction of sp³-hybridized carbons (Fsp3) is 0.500. The van der Waals surface area contributed by atoms with E-state index in [1.165, 1.54) is 36.6 Å². The van der Waals surface area contributed by atoms with Crippen LogP contribution in [0.25, 0.3) is 11.0 Å². The predicted octanol–water partition coefficient (Wildman–Crippen LogP) is 2.84. The molecule has 0 unspecified atom stereocenters. The van der Waals surface area contributed by atoms with Crippen LogP contribution in [0.3, 0.4) is 0 Å². The minimum absolute atomic E-state index is 0.901. The van der Waals surface area contributed by atoms with Crippen molar-refractivity contribution in [1.82, 2.24) is 15.3 Å². The molecule has 0 amide bonds. The van der Waals surface area contributed by atoms with Crippen LogP contribution in [0.2, 0.25) is 0 Å². The molecular formula is C14H19N3. The Balaban J connectivity index is 1.60. The SMILES string of the molecule is c1cnc2[nH]cc(CNCC3CCCC3)c2c1. The van der Waals surface area contributed by atoms with Gasteiger partial charge in [0.1, 0.15) is 5.65 Å². The van der Waals surface area contributed by atoms with Gasteiger partial charge in [0.2, 0.25) is 0 Å². The third kappa shape index (κ3) is 2.34. The van der Waals surface area contributed by atoms with Crippen LogP contribution in [-0.2, 0) is 6.54 Å². The molecule has 3 nitrogen and oxygen atoms in total. The molecule has 2 heterocycles. The zero-order valence-electron chi connectivity index (χ0n) is 10.1. The van der Waals surface area contributed by atoms with Gasteiger partial charge >= 0.3 is 0 Å². The van der Waals surface area contributed by atoms with Crippen LogP contribution in [0, 0.1) is 5.92 Å². The summed E-state index contributed by atoms with van der Waals surface area (Å²) in [5, 5.41) is 4.82. The second kappa shape index (κ2) is 4.88. The molecule has 90 valence electrons. The third-order valence-corrected chi connectivity index (χ3v) is 3.76. The van der Waals surface area contributed by atoms with E-state index in [-0.39, 0.29) is 0 Å². The Morgan fingerprint density at radius 2 is 2.24 bits per heavy atom. The second-order valence-electron chi connectivity index (χ2n) is 4.99. The van der Waals surface area contributed by atoms with Crippen molar-refractivity contribution in [3.05, 3.63) is 30.1 Å². The normalized spacial score (nSPS) is 16.9. The highest BCUT2D eigenvalue weighted by Gasteiger charge is 2.14. The van der Waals surface area contributed by atoms with Crippen molar-refractivity contribution in [3.8, 4) is 0 Å².